The monoisotopic (exact) mass is 376 g/mol. The van der Waals surface area contributed by atoms with Gasteiger partial charge in [-0.25, -0.2) is 8.78 Å². The van der Waals surface area contributed by atoms with E-state index in [9.17, 15) is 13.6 Å². The lowest BCUT2D eigenvalue weighted by Crippen LogP contribution is -2.47. The molecule has 1 amide bonds. The molecular weight excluding hydrogens is 354 g/mol. The molecule has 1 heterocycles. The molecule has 0 spiro atoms. The van der Waals surface area contributed by atoms with Gasteiger partial charge in [-0.05, 0) is 17.7 Å². The van der Waals surface area contributed by atoms with E-state index in [0.717, 1.165) is 25.2 Å². The third-order valence-corrected chi connectivity index (χ3v) is 4.25. The highest BCUT2D eigenvalue weighted by Gasteiger charge is 2.21. The Morgan fingerprint density at radius 1 is 1.22 bits per heavy atom. The molecule has 1 fully saturated rings. The van der Waals surface area contributed by atoms with Crippen LogP contribution in [0.2, 0.25) is 0 Å². The van der Waals surface area contributed by atoms with E-state index in [-0.39, 0.29) is 24.4 Å². The van der Waals surface area contributed by atoms with Gasteiger partial charge in [0.05, 0.1) is 12.7 Å². The molecule has 5 nitrogen and oxygen atoms in total. The maximum atomic E-state index is 13.5. The van der Waals surface area contributed by atoms with Gasteiger partial charge in [0.1, 0.15) is 5.82 Å². The zero-order valence-corrected chi connectivity index (χ0v) is 14.9. The molecule has 1 unspecified atom stereocenters. The number of nitrogens with one attached hydrogen (secondary N) is 1. The number of nitrogens with zero attached hydrogens (tertiary/aromatic N) is 1. The normalized spacial score (nSPS) is 17.5. The Balaban J connectivity index is 1.40. The van der Waals surface area contributed by atoms with Gasteiger partial charge < -0.3 is 14.8 Å². The molecule has 0 bridgehead atoms. The highest BCUT2D eigenvalue weighted by Crippen LogP contribution is 2.17. The zero-order valence-electron chi connectivity index (χ0n) is 14.9. The van der Waals surface area contributed by atoms with Crippen molar-refractivity contribution in [1.82, 2.24) is 10.2 Å². The van der Waals surface area contributed by atoms with E-state index in [1.54, 1.807) is 0 Å². The van der Waals surface area contributed by atoms with Crippen LogP contribution in [0.25, 0.3) is 0 Å². The minimum absolute atomic E-state index is 0.117. The molecule has 3 rings (SSSR count). The first-order valence-corrected chi connectivity index (χ1v) is 8.82. The molecule has 2 aromatic carbocycles. The second kappa shape index (κ2) is 9.43. The van der Waals surface area contributed by atoms with E-state index in [1.165, 1.54) is 5.56 Å². The van der Waals surface area contributed by atoms with Crippen molar-refractivity contribution in [1.29, 1.82) is 0 Å². The van der Waals surface area contributed by atoms with Crippen molar-refractivity contribution in [3.05, 3.63) is 65.7 Å². The maximum absolute atomic E-state index is 13.5. The number of carbonyl (C=O) groups excluding carboxylic acids is 1. The molecule has 0 aliphatic carbocycles. The number of ether oxygens (including phenoxy) is 2. The van der Waals surface area contributed by atoms with Crippen molar-refractivity contribution >= 4 is 5.91 Å². The Kier molecular flexibility index (Phi) is 6.73. The Hall–Kier alpha value is -2.51. The number of halogens is 2. The first-order valence-electron chi connectivity index (χ1n) is 8.82. The van der Waals surface area contributed by atoms with Gasteiger partial charge in [-0.1, -0.05) is 30.3 Å². The Morgan fingerprint density at radius 2 is 2.04 bits per heavy atom. The van der Waals surface area contributed by atoms with Crippen molar-refractivity contribution in [2.45, 2.75) is 12.6 Å². The van der Waals surface area contributed by atoms with Crippen LogP contribution in [0.4, 0.5) is 8.78 Å². The summed E-state index contributed by atoms with van der Waals surface area (Å²) in [6, 6.07) is 13.1. The van der Waals surface area contributed by atoms with E-state index in [0.29, 0.717) is 25.8 Å². The average Bonchev–Trinajstić information content (AvgIpc) is 2.67. The molecule has 1 aliphatic rings. The number of amides is 1. The van der Waals surface area contributed by atoms with E-state index in [1.807, 2.05) is 18.2 Å². The summed E-state index contributed by atoms with van der Waals surface area (Å²) in [4.78, 5) is 14.2. The van der Waals surface area contributed by atoms with Crippen LogP contribution < -0.4 is 10.1 Å². The summed E-state index contributed by atoms with van der Waals surface area (Å²) in [5, 5.41) is 2.73. The van der Waals surface area contributed by atoms with Crippen LogP contribution in [0, 0.1) is 11.6 Å². The second-order valence-corrected chi connectivity index (χ2v) is 6.38. The molecule has 1 aliphatic heterocycles. The lowest BCUT2D eigenvalue weighted by Gasteiger charge is -2.33. The topological polar surface area (TPSA) is 50.8 Å². The first-order chi connectivity index (χ1) is 13.1. The average molecular weight is 376 g/mol. The minimum atomic E-state index is -0.838. The third-order valence-electron chi connectivity index (χ3n) is 4.25. The number of hydrogen-bond donors (Lipinski definition) is 1. The first kappa shape index (κ1) is 19.3. The van der Waals surface area contributed by atoms with Crippen molar-refractivity contribution in [3.8, 4) is 5.75 Å². The van der Waals surface area contributed by atoms with Gasteiger partial charge in [0.25, 0.3) is 5.91 Å². The fourth-order valence-electron chi connectivity index (χ4n) is 2.90. The Labute approximate surface area is 156 Å². The smallest absolute Gasteiger partial charge is 0.258 e. The molecular formula is C20H22F2N2O3. The third kappa shape index (κ3) is 6.01. The van der Waals surface area contributed by atoms with Gasteiger partial charge >= 0.3 is 0 Å². The fraction of sp³-hybridized carbons (Fsp3) is 0.350. The summed E-state index contributed by atoms with van der Waals surface area (Å²) in [5.74, 6) is -2.08. The predicted octanol–water partition coefficient (Wildman–Crippen LogP) is 2.36. The lowest BCUT2D eigenvalue weighted by atomic mass is 10.2. The number of morpholine rings is 1. The lowest BCUT2D eigenvalue weighted by molar-refractivity contribution is -0.124. The van der Waals surface area contributed by atoms with Gasteiger partial charge in [0.2, 0.25) is 0 Å². The van der Waals surface area contributed by atoms with Crippen LogP contribution in [0.3, 0.4) is 0 Å². The summed E-state index contributed by atoms with van der Waals surface area (Å²) < 4.78 is 37.1. The minimum Gasteiger partial charge on any atom is -0.481 e. The van der Waals surface area contributed by atoms with Crippen LogP contribution in [0.1, 0.15) is 5.56 Å². The van der Waals surface area contributed by atoms with Crippen molar-refractivity contribution in [2.75, 3.05) is 32.8 Å². The molecule has 2 aromatic rings. The van der Waals surface area contributed by atoms with E-state index in [2.05, 4.69) is 22.3 Å². The predicted molar refractivity (Wildman–Crippen MR) is 96.3 cm³/mol. The SMILES string of the molecule is O=C(COc1ccc(F)cc1F)NCC1CN(Cc2ccccc2)CCO1. The van der Waals surface area contributed by atoms with E-state index < -0.39 is 11.6 Å². The standard InChI is InChI=1S/C20H22F2N2O3/c21-16-6-7-19(18(22)10-16)27-14-20(25)23-11-17-13-24(8-9-26-17)12-15-4-2-1-3-5-15/h1-7,10,17H,8-9,11-14H2,(H,23,25). The fourth-order valence-corrected chi connectivity index (χ4v) is 2.90. The maximum Gasteiger partial charge on any atom is 0.258 e. The Bertz CT molecular complexity index is 758. The highest BCUT2D eigenvalue weighted by molar-refractivity contribution is 5.77. The summed E-state index contributed by atoms with van der Waals surface area (Å²) >= 11 is 0. The number of hydrogen-bond acceptors (Lipinski definition) is 4. The number of carbonyl (C=O) groups is 1. The zero-order chi connectivity index (χ0) is 19.1. The van der Waals surface area contributed by atoms with Crippen LogP contribution >= 0.6 is 0 Å². The molecule has 144 valence electrons. The quantitative estimate of drug-likeness (QED) is 0.806. The number of benzene rings is 2. The van der Waals surface area contributed by atoms with Crippen LogP contribution in [-0.2, 0) is 16.1 Å². The summed E-state index contributed by atoms with van der Waals surface area (Å²) in [7, 11) is 0. The van der Waals surface area contributed by atoms with Crippen molar-refractivity contribution in [3.63, 3.8) is 0 Å². The summed E-state index contributed by atoms with van der Waals surface area (Å²) in [6.07, 6.45) is -0.117. The van der Waals surface area contributed by atoms with Crippen LogP contribution in [-0.4, -0.2) is 49.8 Å². The van der Waals surface area contributed by atoms with E-state index >= 15 is 0 Å². The summed E-state index contributed by atoms with van der Waals surface area (Å²) in [5.41, 5.74) is 1.23. The molecule has 0 saturated carbocycles. The van der Waals surface area contributed by atoms with Gasteiger partial charge in [0.15, 0.2) is 18.2 Å². The van der Waals surface area contributed by atoms with Gasteiger partial charge in [-0.15, -0.1) is 0 Å². The highest BCUT2D eigenvalue weighted by atomic mass is 19.1. The largest absolute Gasteiger partial charge is 0.481 e. The molecule has 7 heteroatoms. The number of rotatable bonds is 7. The van der Waals surface area contributed by atoms with Gasteiger partial charge in [-0.2, -0.15) is 0 Å². The van der Waals surface area contributed by atoms with Crippen LogP contribution in [0.5, 0.6) is 5.75 Å². The Morgan fingerprint density at radius 3 is 2.81 bits per heavy atom. The molecule has 0 aromatic heterocycles. The van der Waals surface area contributed by atoms with Crippen molar-refractivity contribution in [2.24, 2.45) is 0 Å². The molecule has 1 N–H and O–H groups in total. The summed E-state index contributed by atoms with van der Waals surface area (Å²) in [6.45, 7) is 2.99. The van der Waals surface area contributed by atoms with E-state index in [4.69, 9.17) is 9.47 Å². The van der Waals surface area contributed by atoms with Crippen molar-refractivity contribution < 1.29 is 23.0 Å². The van der Waals surface area contributed by atoms with Crippen LogP contribution in [0.15, 0.2) is 48.5 Å². The molecule has 1 saturated heterocycles. The van der Waals surface area contributed by atoms with Gasteiger partial charge in [-0.3, -0.25) is 9.69 Å². The second-order valence-electron chi connectivity index (χ2n) is 6.38. The molecule has 1 atom stereocenters. The molecule has 0 radical (unpaired) electrons. The molecule has 27 heavy (non-hydrogen) atoms. The van der Waals surface area contributed by atoms with Gasteiger partial charge in [0, 0.05) is 32.2 Å².